The van der Waals surface area contributed by atoms with E-state index < -0.39 is 5.41 Å². The summed E-state index contributed by atoms with van der Waals surface area (Å²) in [5.41, 5.74) is 5.16. The van der Waals surface area contributed by atoms with Gasteiger partial charge in [-0.15, -0.1) is 0 Å². The second-order valence-electron chi connectivity index (χ2n) is 3.56. The van der Waals surface area contributed by atoms with Crippen molar-refractivity contribution in [2.24, 2.45) is 11.1 Å². The zero-order chi connectivity index (χ0) is 10.8. The lowest BCUT2D eigenvalue weighted by Crippen LogP contribution is -2.34. The Morgan fingerprint density at radius 1 is 1.57 bits per heavy atom. The molecule has 0 spiro atoms. The Morgan fingerprint density at radius 3 is 2.57 bits per heavy atom. The number of amides is 2. The largest absolute Gasteiger partial charge is 0.369 e. The van der Waals surface area contributed by atoms with Gasteiger partial charge in [0.15, 0.2) is 0 Å². The number of carbonyl (C=O) groups is 2. The fourth-order valence-electron chi connectivity index (χ4n) is 1.23. The van der Waals surface area contributed by atoms with Crippen LogP contribution >= 0.6 is 0 Å². The van der Waals surface area contributed by atoms with E-state index >= 15 is 0 Å². The van der Waals surface area contributed by atoms with E-state index in [0.717, 1.165) is 0 Å². The van der Waals surface area contributed by atoms with Gasteiger partial charge in [-0.25, -0.2) is 0 Å². The average Bonchev–Trinajstić information content (AvgIpc) is 2.17. The first kappa shape index (κ1) is 10.5. The average molecular weight is 194 g/mol. The van der Waals surface area contributed by atoms with Gasteiger partial charge in [-0.3, -0.25) is 9.59 Å². The third kappa shape index (κ3) is 1.84. The van der Waals surface area contributed by atoms with Crippen molar-refractivity contribution in [3.8, 4) is 0 Å². The molecule has 0 saturated heterocycles. The molecule has 2 amide bonds. The molecular formula is C10H14N2O2. The highest BCUT2D eigenvalue weighted by atomic mass is 16.2. The van der Waals surface area contributed by atoms with Gasteiger partial charge in [0.1, 0.15) is 0 Å². The number of allylic oxidation sites excluding steroid dienone is 1. The van der Waals surface area contributed by atoms with E-state index in [9.17, 15) is 9.59 Å². The molecule has 14 heavy (non-hydrogen) atoms. The Kier molecular flexibility index (Phi) is 2.74. The van der Waals surface area contributed by atoms with Crippen molar-refractivity contribution in [2.75, 3.05) is 7.05 Å². The summed E-state index contributed by atoms with van der Waals surface area (Å²) in [6, 6.07) is 0. The van der Waals surface area contributed by atoms with Crippen molar-refractivity contribution in [1.29, 1.82) is 0 Å². The van der Waals surface area contributed by atoms with Crippen molar-refractivity contribution in [1.82, 2.24) is 5.32 Å². The Balaban J connectivity index is 2.80. The molecule has 0 bridgehead atoms. The van der Waals surface area contributed by atoms with E-state index in [4.69, 9.17) is 5.73 Å². The van der Waals surface area contributed by atoms with Crippen LogP contribution in [0.15, 0.2) is 23.8 Å². The fraction of sp³-hybridized carbons (Fsp3) is 0.400. The molecule has 1 unspecified atom stereocenters. The van der Waals surface area contributed by atoms with E-state index in [1.54, 1.807) is 32.2 Å². The molecule has 1 atom stereocenters. The van der Waals surface area contributed by atoms with Gasteiger partial charge in [0.25, 0.3) is 5.91 Å². The minimum Gasteiger partial charge on any atom is -0.369 e. The lowest BCUT2D eigenvalue weighted by atomic mass is 9.81. The molecule has 4 nitrogen and oxygen atoms in total. The topological polar surface area (TPSA) is 72.2 Å². The molecule has 0 aromatic carbocycles. The molecule has 0 fully saturated rings. The minimum absolute atomic E-state index is 0.146. The van der Waals surface area contributed by atoms with Crippen LogP contribution in [0.3, 0.4) is 0 Å². The zero-order valence-corrected chi connectivity index (χ0v) is 8.33. The molecule has 1 aliphatic rings. The predicted octanol–water partition coefficient (Wildman–Crippen LogP) is 0.110. The molecule has 0 radical (unpaired) electrons. The van der Waals surface area contributed by atoms with Crippen LogP contribution < -0.4 is 11.1 Å². The molecule has 0 aromatic heterocycles. The van der Waals surface area contributed by atoms with Crippen LogP contribution in [0.2, 0.25) is 0 Å². The maximum Gasteiger partial charge on any atom is 0.250 e. The van der Waals surface area contributed by atoms with Gasteiger partial charge >= 0.3 is 0 Å². The first-order valence-electron chi connectivity index (χ1n) is 4.41. The molecule has 1 aliphatic carbocycles. The summed E-state index contributed by atoms with van der Waals surface area (Å²) in [6.45, 7) is 1.75. The summed E-state index contributed by atoms with van der Waals surface area (Å²) in [6.07, 6.45) is 5.51. The quantitative estimate of drug-likeness (QED) is 0.655. The van der Waals surface area contributed by atoms with Crippen molar-refractivity contribution in [3.63, 3.8) is 0 Å². The fourth-order valence-corrected chi connectivity index (χ4v) is 1.23. The molecule has 76 valence electrons. The highest BCUT2D eigenvalue weighted by Gasteiger charge is 2.29. The van der Waals surface area contributed by atoms with Crippen molar-refractivity contribution in [3.05, 3.63) is 23.8 Å². The van der Waals surface area contributed by atoms with Gasteiger partial charge in [0.2, 0.25) is 5.91 Å². The van der Waals surface area contributed by atoms with Gasteiger partial charge < -0.3 is 11.1 Å². The van der Waals surface area contributed by atoms with Crippen LogP contribution in [0.5, 0.6) is 0 Å². The molecule has 3 N–H and O–H groups in total. The Bertz CT molecular complexity index is 331. The summed E-state index contributed by atoms with van der Waals surface area (Å²) < 4.78 is 0. The second-order valence-corrected chi connectivity index (χ2v) is 3.56. The lowest BCUT2D eigenvalue weighted by molar-refractivity contribution is -0.124. The van der Waals surface area contributed by atoms with E-state index in [1.807, 2.05) is 0 Å². The maximum atomic E-state index is 11.2. The van der Waals surface area contributed by atoms with Crippen LogP contribution in [0.25, 0.3) is 0 Å². The van der Waals surface area contributed by atoms with Gasteiger partial charge in [-0.1, -0.05) is 18.2 Å². The molecule has 0 saturated carbocycles. The van der Waals surface area contributed by atoms with Crippen LogP contribution in [0.4, 0.5) is 0 Å². The third-order valence-electron chi connectivity index (χ3n) is 2.43. The van der Waals surface area contributed by atoms with Crippen LogP contribution in [0.1, 0.15) is 13.3 Å². The highest BCUT2D eigenvalue weighted by molar-refractivity contribution is 5.97. The van der Waals surface area contributed by atoms with Crippen LogP contribution in [-0.4, -0.2) is 18.9 Å². The van der Waals surface area contributed by atoms with E-state index in [1.165, 1.54) is 0 Å². The lowest BCUT2D eigenvalue weighted by Gasteiger charge is -2.23. The third-order valence-corrected chi connectivity index (χ3v) is 2.43. The van der Waals surface area contributed by atoms with Gasteiger partial charge in [0, 0.05) is 12.6 Å². The Labute approximate surface area is 82.9 Å². The molecular weight excluding hydrogens is 180 g/mol. The maximum absolute atomic E-state index is 11.2. The number of hydrogen-bond acceptors (Lipinski definition) is 2. The van der Waals surface area contributed by atoms with Crippen LogP contribution in [-0.2, 0) is 9.59 Å². The molecule has 4 heteroatoms. The number of likely N-dealkylation sites (N-methyl/N-ethyl adjacent to an activating group) is 1. The predicted molar refractivity (Wildman–Crippen MR) is 53.2 cm³/mol. The molecule has 0 aliphatic heterocycles. The van der Waals surface area contributed by atoms with E-state index in [2.05, 4.69) is 5.32 Å². The smallest absolute Gasteiger partial charge is 0.250 e. The number of rotatable bonds is 2. The van der Waals surface area contributed by atoms with Crippen LogP contribution in [0, 0.1) is 5.41 Å². The van der Waals surface area contributed by atoms with Gasteiger partial charge in [-0.2, -0.15) is 0 Å². The Hall–Kier alpha value is -1.58. The SMILES string of the molecule is CNC(=O)C1=CCC(C)(C(N)=O)C=C1. The zero-order valence-electron chi connectivity index (χ0n) is 8.33. The normalized spacial score (nSPS) is 25.4. The van der Waals surface area contributed by atoms with E-state index in [0.29, 0.717) is 12.0 Å². The van der Waals surface area contributed by atoms with Gasteiger partial charge in [-0.05, 0) is 13.3 Å². The van der Waals surface area contributed by atoms with Gasteiger partial charge in [0.05, 0.1) is 5.41 Å². The van der Waals surface area contributed by atoms with Crippen molar-refractivity contribution < 1.29 is 9.59 Å². The minimum atomic E-state index is -0.655. The van der Waals surface area contributed by atoms with E-state index in [-0.39, 0.29) is 11.8 Å². The standard InChI is InChI=1S/C10H14N2O2/c1-10(9(11)14)5-3-7(4-6-10)8(13)12-2/h3-5H,6H2,1-2H3,(H2,11,14)(H,12,13). The summed E-state index contributed by atoms with van der Waals surface area (Å²) >= 11 is 0. The van der Waals surface area contributed by atoms with Crippen molar-refractivity contribution >= 4 is 11.8 Å². The summed E-state index contributed by atoms with van der Waals surface area (Å²) in [7, 11) is 1.57. The summed E-state index contributed by atoms with van der Waals surface area (Å²) in [5, 5.41) is 2.52. The number of nitrogens with one attached hydrogen (secondary N) is 1. The molecule has 1 rings (SSSR count). The summed E-state index contributed by atoms with van der Waals surface area (Å²) in [4.78, 5) is 22.3. The summed E-state index contributed by atoms with van der Waals surface area (Å²) in [5.74, 6) is -0.520. The monoisotopic (exact) mass is 194 g/mol. The number of nitrogens with two attached hydrogens (primary N) is 1. The number of primary amides is 1. The first-order chi connectivity index (χ1) is 6.49. The second kappa shape index (κ2) is 3.65. The Morgan fingerprint density at radius 2 is 2.21 bits per heavy atom. The van der Waals surface area contributed by atoms with Crippen molar-refractivity contribution in [2.45, 2.75) is 13.3 Å². The number of hydrogen-bond donors (Lipinski definition) is 2. The first-order valence-corrected chi connectivity index (χ1v) is 4.41. The molecule has 0 aromatic rings. The number of carbonyl (C=O) groups excluding carboxylic acids is 2. The highest BCUT2D eigenvalue weighted by Crippen LogP contribution is 2.28. The molecule has 0 heterocycles.